The van der Waals surface area contributed by atoms with E-state index < -0.39 is 0 Å². The first-order valence-electron chi connectivity index (χ1n) is 12.7. The minimum atomic E-state index is -0.0601. The summed E-state index contributed by atoms with van der Waals surface area (Å²) < 4.78 is 5.59. The molecule has 0 N–H and O–H groups in total. The van der Waals surface area contributed by atoms with Crippen LogP contribution in [-0.2, 0) is 6.54 Å². The molecule has 2 amide bonds. The zero-order valence-corrected chi connectivity index (χ0v) is 21.9. The van der Waals surface area contributed by atoms with Crippen molar-refractivity contribution in [1.82, 2.24) is 4.90 Å². The lowest BCUT2D eigenvalue weighted by molar-refractivity contribution is 0.0510. The van der Waals surface area contributed by atoms with Crippen LogP contribution >= 0.6 is 11.8 Å². The summed E-state index contributed by atoms with van der Waals surface area (Å²) in [5.41, 5.74) is 3.08. The SMILES string of the molecule is CCOc1ccc(CN2C(=O)c3ccccc3Sc3ccc(C(=O)N4[C@H](C)CCC[C@H]4C)cc32)cc1. The number of fused-ring (bicyclic) bond motifs is 2. The van der Waals surface area contributed by atoms with Crippen molar-refractivity contribution in [2.24, 2.45) is 0 Å². The van der Waals surface area contributed by atoms with Crippen molar-refractivity contribution in [2.45, 2.75) is 68.5 Å². The molecule has 0 radical (unpaired) electrons. The summed E-state index contributed by atoms with van der Waals surface area (Å²) in [7, 11) is 0. The van der Waals surface area contributed by atoms with E-state index in [-0.39, 0.29) is 23.9 Å². The number of benzene rings is 3. The van der Waals surface area contributed by atoms with Gasteiger partial charge in [0.15, 0.2) is 0 Å². The molecule has 0 aliphatic carbocycles. The van der Waals surface area contributed by atoms with Gasteiger partial charge in [-0.1, -0.05) is 36.0 Å². The number of likely N-dealkylation sites (tertiary alicyclic amines) is 1. The van der Waals surface area contributed by atoms with E-state index in [1.807, 2.05) is 83.5 Å². The number of carbonyl (C=O) groups is 2. The molecule has 2 aliphatic rings. The zero-order valence-electron chi connectivity index (χ0n) is 21.1. The number of piperidine rings is 1. The summed E-state index contributed by atoms with van der Waals surface area (Å²) in [5.74, 6) is 0.787. The summed E-state index contributed by atoms with van der Waals surface area (Å²) >= 11 is 1.58. The van der Waals surface area contributed by atoms with Gasteiger partial charge in [-0.25, -0.2) is 0 Å². The molecule has 5 rings (SSSR count). The number of anilines is 1. The van der Waals surface area contributed by atoms with Gasteiger partial charge in [0.2, 0.25) is 0 Å². The fraction of sp³-hybridized carbons (Fsp3) is 0.333. The van der Waals surface area contributed by atoms with Gasteiger partial charge in [0, 0.05) is 27.4 Å². The second kappa shape index (κ2) is 10.4. The second-order valence-corrected chi connectivity index (χ2v) is 10.7. The minimum Gasteiger partial charge on any atom is -0.494 e. The molecule has 0 aromatic heterocycles. The molecule has 2 atom stereocenters. The topological polar surface area (TPSA) is 49.9 Å². The Hall–Kier alpha value is -3.25. The predicted molar refractivity (Wildman–Crippen MR) is 144 cm³/mol. The van der Waals surface area contributed by atoms with Crippen molar-refractivity contribution in [3.8, 4) is 5.75 Å². The van der Waals surface area contributed by atoms with Crippen LogP contribution in [0.4, 0.5) is 5.69 Å². The van der Waals surface area contributed by atoms with Gasteiger partial charge in [-0.05, 0) is 88.1 Å². The molecule has 36 heavy (non-hydrogen) atoms. The van der Waals surface area contributed by atoms with Gasteiger partial charge in [0.05, 0.1) is 24.4 Å². The van der Waals surface area contributed by atoms with E-state index in [1.54, 1.807) is 11.8 Å². The highest BCUT2D eigenvalue weighted by Crippen LogP contribution is 2.42. The van der Waals surface area contributed by atoms with Crippen LogP contribution in [0.1, 0.15) is 66.3 Å². The Morgan fingerprint density at radius 3 is 2.42 bits per heavy atom. The number of carbonyl (C=O) groups excluding carboxylic acids is 2. The summed E-state index contributed by atoms with van der Waals surface area (Å²) in [6, 6.07) is 21.8. The third kappa shape index (κ3) is 4.74. The molecule has 186 valence electrons. The molecular weight excluding hydrogens is 468 g/mol. The largest absolute Gasteiger partial charge is 0.494 e. The van der Waals surface area contributed by atoms with E-state index in [0.717, 1.165) is 46.1 Å². The maximum Gasteiger partial charge on any atom is 0.259 e. The smallest absolute Gasteiger partial charge is 0.259 e. The standard InChI is InChI=1S/C30H32N2O3S/c1-4-35-24-15-12-22(13-16-24)19-31-26-18-23(29(33)32-20(2)8-7-9-21(32)3)14-17-28(26)36-27-11-6-5-10-25(27)30(31)34/h5-6,10-18,20-21H,4,7-9,19H2,1-3H3/t20-,21-/m1/s1. The lowest BCUT2D eigenvalue weighted by Crippen LogP contribution is -2.47. The first-order chi connectivity index (χ1) is 17.5. The molecule has 3 aromatic rings. The van der Waals surface area contributed by atoms with Crippen molar-refractivity contribution in [1.29, 1.82) is 0 Å². The van der Waals surface area contributed by atoms with Crippen molar-refractivity contribution < 1.29 is 14.3 Å². The lowest BCUT2D eigenvalue weighted by Gasteiger charge is -2.39. The van der Waals surface area contributed by atoms with Gasteiger partial charge in [-0.15, -0.1) is 0 Å². The Morgan fingerprint density at radius 1 is 0.972 bits per heavy atom. The Morgan fingerprint density at radius 2 is 1.69 bits per heavy atom. The highest BCUT2D eigenvalue weighted by Gasteiger charge is 2.32. The van der Waals surface area contributed by atoms with Crippen LogP contribution in [-0.4, -0.2) is 35.4 Å². The van der Waals surface area contributed by atoms with E-state index in [9.17, 15) is 9.59 Å². The third-order valence-corrected chi connectivity index (χ3v) is 8.22. The molecule has 5 nitrogen and oxygen atoms in total. The first kappa shape index (κ1) is 24.4. The zero-order chi connectivity index (χ0) is 25.2. The van der Waals surface area contributed by atoms with E-state index in [4.69, 9.17) is 4.74 Å². The second-order valence-electron chi connectivity index (χ2n) is 9.59. The van der Waals surface area contributed by atoms with Gasteiger partial charge < -0.3 is 14.5 Å². The Bertz CT molecular complexity index is 1260. The third-order valence-electron chi connectivity index (χ3n) is 7.08. The first-order valence-corrected chi connectivity index (χ1v) is 13.5. The summed E-state index contributed by atoms with van der Waals surface area (Å²) in [5, 5.41) is 0. The van der Waals surface area contributed by atoms with E-state index >= 15 is 0 Å². The molecule has 1 fully saturated rings. The van der Waals surface area contributed by atoms with Gasteiger partial charge in [-0.3, -0.25) is 9.59 Å². The Kier molecular flexibility index (Phi) is 7.06. The highest BCUT2D eigenvalue weighted by molar-refractivity contribution is 7.99. The molecule has 6 heteroatoms. The Labute approximate surface area is 217 Å². The Balaban J connectivity index is 1.54. The van der Waals surface area contributed by atoms with Crippen LogP contribution in [0.5, 0.6) is 5.75 Å². The highest BCUT2D eigenvalue weighted by atomic mass is 32.2. The van der Waals surface area contributed by atoms with Gasteiger partial charge in [0.1, 0.15) is 5.75 Å². The fourth-order valence-corrected chi connectivity index (χ4v) is 6.28. The number of amides is 2. The van der Waals surface area contributed by atoms with Crippen LogP contribution in [0, 0.1) is 0 Å². The van der Waals surface area contributed by atoms with Gasteiger partial charge in [0.25, 0.3) is 11.8 Å². The molecule has 0 unspecified atom stereocenters. The van der Waals surface area contributed by atoms with Crippen LogP contribution in [0.3, 0.4) is 0 Å². The van der Waals surface area contributed by atoms with Crippen LogP contribution in [0.25, 0.3) is 0 Å². The van der Waals surface area contributed by atoms with Crippen molar-refractivity contribution in [3.05, 3.63) is 83.4 Å². The van der Waals surface area contributed by atoms with E-state index in [2.05, 4.69) is 13.8 Å². The fourth-order valence-electron chi connectivity index (χ4n) is 5.22. The summed E-state index contributed by atoms with van der Waals surface area (Å²) in [6.45, 7) is 7.23. The van der Waals surface area contributed by atoms with Crippen LogP contribution < -0.4 is 9.64 Å². The van der Waals surface area contributed by atoms with Gasteiger partial charge >= 0.3 is 0 Å². The van der Waals surface area contributed by atoms with Crippen LogP contribution in [0.2, 0.25) is 0 Å². The van der Waals surface area contributed by atoms with Crippen molar-refractivity contribution in [3.63, 3.8) is 0 Å². The molecule has 3 aromatic carbocycles. The molecule has 0 saturated carbocycles. The molecule has 2 aliphatic heterocycles. The average molecular weight is 501 g/mol. The van der Waals surface area contributed by atoms with Gasteiger partial charge in [-0.2, -0.15) is 0 Å². The molecule has 0 bridgehead atoms. The number of rotatable bonds is 5. The van der Waals surface area contributed by atoms with Crippen LogP contribution in [0.15, 0.2) is 76.5 Å². The summed E-state index contributed by atoms with van der Waals surface area (Å²) in [4.78, 5) is 33.2. The number of hydrogen-bond donors (Lipinski definition) is 0. The quantitative estimate of drug-likeness (QED) is 0.387. The van der Waals surface area contributed by atoms with E-state index in [1.165, 1.54) is 0 Å². The maximum absolute atomic E-state index is 13.9. The number of ether oxygens (including phenoxy) is 1. The monoisotopic (exact) mass is 500 g/mol. The maximum atomic E-state index is 13.9. The lowest BCUT2D eigenvalue weighted by atomic mass is 9.96. The molecular formula is C30H32N2O3S. The van der Waals surface area contributed by atoms with Crippen molar-refractivity contribution in [2.75, 3.05) is 11.5 Å². The minimum absolute atomic E-state index is 0.0396. The number of hydrogen-bond acceptors (Lipinski definition) is 4. The average Bonchev–Trinajstić information content (AvgIpc) is 2.99. The summed E-state index contributed by atoms with van der Waals surface area (Å²) in [6.07, 6.45) is 3.19. The number of nitrogens with zero attached hydrogens (tertiary/aromatic N) is 2. The predicted octanol–water partition coefficient (Wildman–Crippen LogP) is 6.80. The molecule has 1 saturated heterocycles. The van der Waals surface area contributed by atoms with Crippen molar-refractivity contribution >= 4 is 29.3 Å². The van der Waals surface area contributed by atoms with E-state index in [0.29, 0.717) is 24.3 Å². The molecule has 2 heterocycles. The molecule has 0 spiro atoms. The normalized spacial score (nSPS) is 19.4.